The van der Waals surface area contributed by atoms with Crippen LogP contribution in [0.3, 0.4) is 0 Å². The summed E-state index contributed by atoms with van der Waals surface area (Å²) in [5.74, 6) is -0.460. The van der Waals surface area contributed by atoms with Gasteiger partial charge in [-0.25, -0.2) is 0 Å². The second-order valence-corrected chi connectivity index (χ2v) is 1.90. The predicted octanol–water partition coefficient (Wildman–Crippen LogP) is -0.551. The average molecular weight is 174 g/mol. The molecule has 0 radical (unpaired) electrons. The number of hydrogen-bond acceptors (Lipinski definition) is 5. The van der Waals surface area contributed by atoms with E-state index < -0.39 is 12.1 Å². The maximum atomic E-state index is 10.3. The molecular formula is C7H10O5. The van der Waals surface area contributed by atoms with E-state index in [1.54, 1.807) is 6.11 Å². The molecule has 0 spiro atoms. The van der Waals surface area contributed by atoms with Crippen molar-refractivity contribution in [1.29, 1.82) is 0 Å². The smallest absolute Gasteiger partial charge is 0.302 e. The molecule has 1 N–H and O–H groups in total. The van der Waals surface area contributed by atoms with Crippen LogP contribution < -0.4 is 0 Å². The van der Waals surface area contributed by atoms with Crippen molar-refractivity contribution < 1.29 is 24.4 Å². The van der Waals surface area contributed by atoms with Crippen molar-refractivity contribution in [2.45, 2.75) is 13.0 Å². The molecule has 0 aromatic carbocycles. The second-order valence-electron chi connectivity index (χ2n) is 1.90. The summed E-state index contributed by atoms with van der Waals surface area (Å²) in [6.45, 7) is 0.818. The molecule has 0 saturated heterocycles. The largest absolute Gasteiger partial charge is 0.463 e. The first kappa shape index (κ1) is 10.8. The number of carbonyl (C=O) groups is 1. The fourth-order valence-electron chi connectivity index (χ4n) is 0.417. The number of rotatable bonds is 5. The SMILES string of the molecule is C#COOC(CO)COC(C)=O. The minimum absolute atomic E-state index is 0.0898. The summed E-state index contributed by atoms with van der Waals surface area (Å²) in [7, 11) is 0. The van der Waals surface area contributed by atoms with E-state index in [0.717, 1.165) is 0 Å². The molecule has 0 heterocycles. The zero-order chi connectivity index (χ0) is 9.40. The van der Waals surface area contributed by atoms with Crippen LogP contribution in [0.15, 0.2) is 0 Å². The fourth-order valence-corrected chi connectivity index (χ4v) is 0.417. The fraction of sp³-hybridized carbons (Fsp3) is 0.571. The van der Waals surface area contributed by atoms with Crippen molar-refractivity contribution in [3.63, 3.8) is 0 Å². The van der Waals surface area contributed by atoms with Crippen molar-refractivity contribution in [2.24, 2.45) is 0 Å². The molecular weight excluding hydrogens is 164 g/mol. The molecule has 0 aliphatic heterocycles. The number of terminal acetylenes is 1. The zero-order valence-corrected chi connectivity index (χ0v) is 6.65. The lowest BCUT2D eigenvalue weighted by Gasteiger charge is -2.10. The highest BCUT2D eigenvalue weighted by Crippen LogP contribution is 1.93. The third-order valence-electron chi connectivity index (χ3n) is 0.908. The van der Waals surface area contributed by atoms with E-state index in [1.807, 2.05) is 0 Å². The lowest BCUT2D eigenvalue weighted by molar-refractivity contribution is -0.285. The van der Waals surface area contributed by atoms with Gasteiger partial charge in [-0.05, 0) is 0 Å². The van der Waals surface area contributed by atoms with Gasteiger partial charge in [0.05, 0.1) is 6.61 Å². The number of hydrogen-bond donors (Lipinski definition) is 1. The van der Waals surface area contributed by atoms with Gasteiger partial charge in [0, 0.05) is 6.92 Å². The summed E-state index contributed by atoms with van der Waals surface area (Å²) < 4.78 is 4.52. The van der Waals surface area contributed by atoms with Gasteiger partial charge in [0.25, 0.3) is 0 Å². The van der Waals surface area contributed by atoms with Crippen LogP contribution in [0.5, 0.6) is 0 Å². The highest BCUT2D eigenvalue weighted by molar-refractivity contribution is 5.65. The molecule has 0 bridgehead atoms. The predicted molar refractivity (Wildman–Crippen MR) is 38.5 cm³/mol. The maximum absolute atomic E-state index is 10.3. The van der Waals surface area contributed by atoms with Gasteiger partial charge in [0.15, 0.2) is 12.2 Å². The van der Waals surface area contributed by atoms with Crippen LogP contribution in [-0.4, -0.2) is 30.4 Å². The monoisotopic (exact) mass is 174 g/mol. The molecule has 0 rings (SSSR count). The Bertz CT molecular complexity index is 171. The zero-order valence-electron chi connectivity index (χ0n) is 6.65. The molecule has 68 valence electrons. The molecule has 0 fully saturated rings. The van der Waals surface area contributed by atoms with Crippen molar-refractivity contribution in [2.75, 3.05) is 13.2 Å². The molecule has 0 aliphatic rings. The van der Waals surface area contributed by atoms with E-state index in [2.05, 4.69) is 14.5 Å². The van der Waals surface area contributed by atoms with Gasteiger partial charge in [-0.2, -0.15) is 4.89 Å². The van der Waals surface area contributed by atoms with E-state index >= 15 is 0 Å². The third-order valence-corrected chi connectivity index (χ3v) is 0.908. The minimum Gasteiger partial charge on any atom is -0.463 e. The standard InChI is InChI=1S/C7H10O5/c1-3-11-12-7(4-8)5-10-6(2)9/h1,7-8H,4-5H2,2H3. The van der Waals surface area contributed by atoms with Crippen LogP contribution in [0.4, 0.5) is 0 Å². The summed E-state index contributed by atoms with van der Waals surface area (Å²) in [4.78, 5) is 18.8. The molecule has 1 atom stereocenters. The third kappa shape index (κ3) is 5.53. The van der Waals surface area contributed by atoms with Gasteiger partial charge in [0.2, 0.25) is 0 Å². The first-order valence-corrected chi connectivity index (χ1v) is 3.22. The highest BCUT2D eigenvalue weighted by Gasteiger charge is 2.10. The molecule has 5 heteroatoms. The molecule has 1 unspecified atom stereocenters. The summed E-state index contributed by atoms with van der Waals surface area (Å²) in [5, 5.41) is 8.60. The van der Waals surface area contributed by atoms with Crippen LogP contribution in [-0.2, 0) is 19.3 Å². The van der Waals surface area contributed by atoms with Crippen LogP contribution >= 0.6 is 0 Å². The molecule has 0 aliphatic carbocycles. The molecule has 12 heavy (non-hydrogen) atoms. The summed E-state index contributed by atoms with van der Waals surface area (Å²) in [6, 6.07) is 0. The molecule has 0 amide bonds. The first-order chi connectivity index (χ1) is 5.70. The maximum Gasteiger partial charge on any atom is 0.302 e. The van der Waals surface area contributed by atoms with Crippen LogP contribution in [0, 0.1) is 12.5 Å². The van der Waals surface area contributed by atoms with E-state index in [-0.39, 0.29) is 13.2 Å². The van der Waals surface area contributed by atoms with Gasteiger partial charge < -0.3 is 9.84 Å². The molecule has 0 aromatic rings. The molecule has 0 aromatic heterocycles. The van der Waals surface area contributed by atoms with Crippen LogP contribution in [0.2, 0.25) is 0 Å². The molecule has 0 saturated carbocycles. The van der Waals surface area contributed by atoms with E-state index in [1.165, 1.54) is 6.92 Å². The quantitative estimate of drug-likeness (QED) is 0.262. The number of ether oxygens (including phenoxy) is 1. The van der Waals surface area contributed by atoms with E-state index in [9.17, 15) is 4.79 Å². The lowest BCUT2D eigenvalue weighted by atomic mass is 10.4. The number of aliphatic hydroxyl groups excluding tert-OH is 1. The van der Waals surface area contributed by atoms with Gasteiger partial charge in [-0.1, -0.05) is 6.42 Å². The van der Waals surface area contributed by atoms with Gasteiger partial charge in [0.1, 0.15) is 6.61 Å². The Morgan fingerprint density at radius 1 is 1.75 bits per heavy atom. The van der Waals surface area contributed by atoms with Crippen molar-refractivity contribution in [3.8, 4) is 12.5 Å². The average Bonchev–Trinajstić information content (AvgIpc) is 2.05. The Morgan fingerprint density at radius 3 is 2.83 bits per heavy atom. The van der Waals surface area contributed by atoms with Crippen molar-refractivity contribution in [1.82, 2.24) is 0 Å². The Kier molecular flexibility index (Phi) is 5.79. The second kappa shape index (κ2) is 6.46. The minimum atomic E-state index is -0.745. The summed E-state index contributed by atoms with van der Waals surface area (Å²) in [5.41, 5.74) is 0. The number of esters is 1. The van der Waals surface area contributed by atoms with Crippen molar-refractivity contribution in [3.05, 3.63) is 0 Å². The Morgan fingerprint density at radius 2 is 2.42 bits per heavy atom. The highest BCUT2D eigenvalue weighted by atomic mass is 17.2. The van der Waals surface area contributed by atoms with Crippen LogP contribution in [0.25, 0.3) is 0 Å². The van der Waals surface area contributed by atoms with Crippen LogP contribution in [0.1, 0.15) is 6.92 Å². The van der Waals surface area contributed by atoms with Gasteiger partial charge >= 0.3 is 5.97 Å². The van der Waals surface area contributed by atoms with E-state index in [4.69, 9.17) is 11.5 Å². The van der Waals surface area contributed by atoms with Gasteiger partial charge in [-0.15, -0.1) is 0 Å². The summed E-state index contributed by atoms with van der Waals surface area (Å²) >= 11 is 0. The number of carbonyl (C=O) groups excluding carboxylic acids is 1. The Labute approximate surface area is 70.2 Å². The van der Waals surface area contributed by atoms with Gasteiger partial charge in [-0.3, -0.25) is 9.68 Å². The Balaban J connectivity index is 3.54. The lowest BCUT2D eigenvalue weighted by Crippen LogP contribution is -2.24. The van der Waals surface area contributed by atoms with Crippen molar-refractivity contribution >= 4 is 5.97 Å². The summed E-state index contributed by atoms with van der Waals surface area (Å²) in [6.07, 6.45) is 5.70. The first-order valence-electron chi connectivity index (χ1n) is 3.22. The Hall–Kier alpha value is -1.25. The normalized spacial score (nSPS) is 11.4. The van der Waals surface area contributed by atoms with E-state index in [0.29, 0.717) is 0 Å². The topological polar surface area (TPSA) is 65.0 Å². The molecule has 5 nitrogen and oxygen atoms in total. The number of aliphatic hydroxyl groups is 1.